The van der Waals surface area contributed by atoms with Crippen LogP contribution >= 0.6 is 0 Å². The van der Waals surface area contributed by atoms with Crippen LogP contribution < -0.4 is 4.90 Å². The Kier molecular flexibility index (Phi) is 4.36. The molecule has 1 aliphatic carbocycles. The molecule has 0 unspecified atom stereocenters. The van der Waals surface area contributed by atoms with Crippen molar-refractivity contribution >= 4 is 11.6 Å². The van der Waals surface area contributed by atoms with E-state index in [1.165, 1.54) is 12.8 Å². The topological polar surface area (TPSA) is 64.0 Å². The molecule has 0 aromatic heterocycles. The van der Waals surface area contributed by atoms with Gasteiger partial charge in [-0.1, -0.05) is 0 Å². The normalized spacial score (nSPS) is 28.1. The summed E-state index contributed by atoms with van der Waals surface area (Å²) >= 11 is 0. The fourth-order valence-electron chi connectivity index (χ4n) is 3.51. The first-order chi connectivity index (χ1) is 10.6. The molecule has 0 radical (unpaired) electrons. The second-order valence-corrected chi connectivity index (χ2v) is 6.36. The van der Waals surface area contributed by atoms with Crippen molar-refractivity contribution in [3.8, 4) is 0 Å². The van der Waals surface area contributed by atoms with Crippen LogP contribution in [0.3, 0.4) is 0 Å². The maximum Gasteiger partial charge on any atom is 0.253 e. The molecule has 2 N–H and O–H groups in total. The fourth-order valence-corrected chi connectivity index (χ4v) is 3.51. The van der Waals surface area contributed by atoms with E-state index in [1.807, 2.05) is 24.3 Å². The lowest BCUT2D eigenvalue weighted by atomic mass is 10.1. The first-order valence-corrected chi connectivity index (χ1v) is 8.06. The van der Waals surface area contributed by atoms with Crippen molar-refractivity contribution in [2.24, 2.45) is 0 Å². The molecule has 1 saturated carbocycles. The zero-order valence-corrected chi connectivity index (χ0v) is 13.0. The van der Waals surface area contributed by atoms with Gasteiger partial charge >= 0.3 is 0 Å². The summed E-state index contributed by atoms with van der Waals surface area (Å²) in [5, 5.41) is 19.6. The molecule has 5 nitrogen and oxygen atoms in total. The summed E-state index contributed by atoms with van der Waals surface area (Å²) in [6.45, 7) is 2.17. The predicted molar refractivity (Wildman–Crippen MR) is 85.0 cm³/mol. The zero-order valence-electron chi connectivity index (χ0n) is 13.0. The molecule has 3 atom stereocenters. The molecule has 3 rings (SSSR count). The van der Waals surface area contributed by atoms with Gasteiger partial charge in [-0.25, -0.2) is 0 Å². The lowest BCUT2D eigenvalue weighted by Gasteiger charge is -2.28. The molecule has 1 amide bonds. The Bertz CT molecular complexity index is 525. The number of nitrogens with zero attached hydrogens (tertiary/aromatic N) is 2. The van der Waals surface area contributed by atoms with E-state index in [-0.39, 0.29) is 11.9 Å². The number of anilines is 1. The minimum Gasteiger partial charge on any atom is -0.390 e. The number of carbonyl (C=O) groups excluding carboxylic acids is 1. The van der Waals surface area contributed by atoms with Gasteiger partial charge in [0.25, 0.3) is 5.91 Å². The molecule has 22 heavy (non-hydrogen) atoms. The first kappa shape index (κ1) is 15.3. The van der Waals surface area contributed by atoms with E-state index in [4.69, 9.17) is 0 Å². The lowest BCUT2D eigenvalue weighted by molar-refractivity contribution is 0.00658. The minimum atomic E-state index is -0.849. The molecule has 5 heteroatoms. The van der Waals surface area contributed by atoms with E-state index in [0.29, 0.717) is 18.4 Å². The molecule has 1 saturated heterocycles. The highest BCUT2D eigenvalue weighted by atomic mass is 16.3. The maximum absolute atomic E-state index is 12.5. The molecule has 120 valence electrons. The summed E-state index contributed by atoms with van der Waals surface area (Å²) in [6.07, 6.45) is 2.06. The second-order valence-electron chi connectivity index (χ2n) is 6.36. The number of rotatable bonds is 3. The molecule has 2 aliphatic rings. The van der Waals surface area contributed by atoms with Crippen LogP contribution in [0, 0.1) is 0 Å². The molecule has 0 bridgehead atoms. The third-order valence-electron chi connectivity index (χ3n) is 4.95. The summed E-state index contributed by atoms with van der Waals surface area (Å²) in [4.78, 5) is 16.4. The minimum absolute atomic E-state index is 0.105. The first-order valence-electron chi connectivity index (χ1n) is 8.06. The van der Waals surface area contributed by atoms with Crippen LogP contribution in [0.15, 0.2) is 24.3 Å². The van der Waals surface area contributed by atoms with Crippen molar-refractivity contribution in [3.63, 3.8) is 0 Å². The zero-order chi connectivity index (χ0) is 15.7. The summed E-state index contributed by atoms with van der Waals surface area (Å²) in [5.41, 5.74) is 1.78. The van der Waals surface area contributed by atoms with Gasteiger partial charge in [0.1, 0.15) is 6.10 Å². The Morgan fingerprint density at radius 2 is 1.77 bits per heavy atom. The number of amides is 1. The Morgan fingerprint density at radius 1 is 1.14 bits per heavy atom. The Labute approximate surface area is 131 Å². The SMILES string of the molecule is CN(C(=O)c1ccc(N2CCCC2)cc1)[C@@H]1CC[C@@H](O)[C@@H]1O. The van der Waals surface area contributed by atoms with Crippen molar-refractivity contribution < 1.29 is 15.0 Å². The number of aliphatic hydroxyl groups excluding tert-OH is 2. The molecular weight excluding hydrogens is 280 g/mol. The van der Waals surface area contributed by atoms with E-state index in [9.17, 15) is 15.0 Å². The summed E-state index contributed by atoms with van der Waals surface area (Å²) < 4.78 is 0. The van der Waals surface area contributed by atoms with Crippen molar-refractivity contribution in [1.82, 2.24) is 4.90 Å². The van der Waals surface area contributed by atoms with Crippen molar-refractivity contribution in [2.75, 3.05) is 25.0 Å². The van der Waals surface area contributed by atoms with E-state index in [2.05, 4.69) is 4.90 Å². The van der Waals surface area contributed by atoms with Crippen LogP contribution in [0.25, 0.3) is 0 Å². The summed E-state index contributed by atoms with van der Waals surface area (Å²) in [7, 11) is 1.70. The average molecular weight is 304 g/mol. The smallest absolute Gasteiger partial charge is 0.253 e. The van der Waals surface area contributed by atoms with E-state index < -0.39 is 12.2 Å². The van der Waals surface area contributed by atoms with Crippen LogP contribution in [-0.4, -0.2) is 59.4 Å². The van der Waals surface area contributed by atoms with Crippen molar-refractivity contribution in [1.29, 1.82) is 0 Å². The number of hydrogen-bond donors (Lipinski definition) is 2. The van der Waals surface area contributed by atoms with Crippen LogP contribution in [0.1, 0.15) is 36.0 Å². The average Bonchev–Trinajstić information content (AvgIpc) is 3.18. The molecule has 0 spiro atoms. The van der Waals surface area contributed by atoms with E-state index in [0.717, 1.165) is 18.8 Å². The van der Waals surface area contributed by atoms with Crippen molar-refractivity contribution in [3.05, 3.63) is 29.8 Å². The van der Waals surface area contributed by atoms with Gasteiger partial charge in [0.05, 0.1) is 12.1 Å². The fraction of sp³-hybridized carbons (Fsp3) is 0.588. The molecule has 1 heterocycles. The van der Waals surface area contributed by atoms with Gasteiger partial charge in [-0.2, -0.15) is 0 Å². The van der Waals surface area contributed by atoms with Gasteiger partial charge in [0.15, 0.2) is 0 Å². The van der Waals surface area contributed by atoms with Crippen LogP contribution in [0.5, 0.6) is 0 Å². The van der Waals surface area contributed by atoms with E-state index >= 15 is 0 Å². The highest BCUT2D eigenvalue weighted by molar-refractivity contribution is 5.94. The molecule has 1 aromatic rings. The Hall–Kier alpha value is -1.59. The van der Waals surface area contributed by atoms with Crippen LogP contribution in [0.2, 0.25) is 0 Å². The van der Waals surface area contributed by atoms with Gasteiger partial charge in [0.2, 0.25) is 0 Å². The highest BCUT2D eigenvalue weighted by Crippen LogP contribution is 2.26. The number of carbonyl (C=O) groups is 1. The van der Waals surface area contributed by atoms with Gasteiger partial charge in [0, 0.05) is 31.4 Å². The van der Waals surface area contributed by atoms with E-state index in [1.54, 1.807) is 11.9 Å². The number of benzene rings is 1. The Balaban J connectivity index is 1.69. The standard InChI is InChI=1S/C17H24N2O3/c1-18(14-8-9-15(20)16(14)21)17(22)12-4-6-13(7-5-12)19-10-2-3-11-19/h4-7,14-16,20-21H,2-3,8-11H2,1H3/t14-,15-,16-/m1/s1. The number of hydrogen-bond acceptors (Lipinski definition) is 4. The van der Waals surface area contributed by atoms with Crippen LogP contribution in [-0.2, 0) is 0 Å². The number of likely N-dealkylation sites (N-methyl/N-ethyl adjacent to an activating group) is 1. The van der Waals surface area contributed by atoms with Gasteiger partial charge < -0.3 is 20.0 Å². The molecular formula is C17H24N2O3. The second kappa shape index (κ2) is 6.26. The molecule has 1 aromatic carbocycles. The summed E-state index contributed by atoms with van der Waals surface area (Å²) in [6, 6.07) is 7.38. The highest BCUT2D eigenvalue weighted by Gasteiger charge is 2.37. The predicted octanol–water partition coefficient (Wildman–Crippen LogP) is 1.24. The largest absolute Gasteiger partial charge is 0.390 e. The van der Waals surface area contributed by atoms with Crippen molar-refractivity contribution in [2.45, 2.75) is 43.9 Å². The lowest BCUT2D eigenvalue weighted by Crippen LogP contribution is -2.44. The van der Waals surface area contributed by atoms with Gasteiger partial charge in [-0.15, -0.1) is 0 Å². The maximum atomic E-state index is 12.5. The Morgan fingerprint density at radius 3 is 2.32 bits per heavy atom. The van der Waals surface area contributed by atoms with Crippen LogP contribution in [0.4, 0.5) is 5.69 Å². The van der Waals surface area contributed by atoms with Gasteiger partial charge in [-0.3, -0.25) is 4.79 Å². The molecule has 1 aliphatic heterocycles. The third-order valence-corrected chi connectivity index (χ3v) is 4.95. The third kappa shape index (κ3) is 2.83. The molecule has 2 fully saturated rings. The summed E-state index contributed by atoms with van der Waals surface area (Å²) in [5.74, 6) is -0.105. The van der Waals surface area contributed by atoms with Gasteiger partial charge in [-0.05, 0) is 49.9 Å². The number of aliphatic hydroxyl groups is 2. The monoisotopic (exact) mass is 304 g/mol. The quantitative estimate of drug-likeness (QED) is 0.882.